The highest BCUT2D eigenvalue weighted by atomic mass is 16.5. The number of hydrogen-bond acceptors (Lipinski definition) is 3. The van der Waals surface area contributed by atoms with E-state index in [0.29, 0.717) is 13.0 Å². The SMILES string of the molecule is CC(N)(C#N)CCOc1ccc2c(c1)CCC2. The summed E-state index contributed by atoms with van der Waals surface area (Å²) in [6, 6.07) is 8.33. The first kappa shape index (κ1) is 11.9. The van der Waals surface area contributed by atoms with Crippen LogP contribution in [-0.4, -0.2) is 12.1 Å². The lowest BCUT2D eigenvalue weighted by atomic mass is 10.0. The third-order valence-corrected chi connectivity index (χ3v) is 3.22. The van der Waals surface area contributed by atoms with E-state index in [-0.39, 0.29) is 0 Å². The molecular formula is C14H18N2O. The second-order valence-electron chi connectivity index (χ2n) is 4.91. The van der Waals surface area contributed by atoms with Gasteiger partial charge >= 0.3 is 0 Å². The number of nitriles is 1. The molecule has 90 valence electrons. The number of ether oxygens (including phenoxy) is 1. The summed E-state index contributed by atoms with van der Waals surface area (Å²) in [4.78, 5) is 0. The maximum atomic E-state index is 8.79. The average Bonchev–Trinajstić information content (AvgIpc) is 2.76. The van der Waals surface area contributed by atoms with Crippen LogP contribution in [0.2, 0.25) is 0 Å². The minimum Gasteiger partial charge on any atom is -0.493 e. The molecule has 1 unspecified atom stereocenters. The van der Waals surface area contributed by atoms with Gasteiger partial charge in [0.15, 0.2) is 0 Å². The van der Waals surface area contributed by atoms with Gasteiger partial charge in [-0.3, -0.25) is 0 Å². The molecular weight excluding hydrogens is 212 g/mol. The Hall–Kier alpha value is -1.53. The Morgan fingerprint density at radius 1 is 1.41 bits per heavy atom. The molecule has 0 bridgehead atoms. The van der Waals surface area contributed by atoms with Gasteiger partial charge in [0.2, 0.25) is 0 Å². The Kier molecular flexibility index (Phi) is 3.35. The van der Waals surface area contributed by atoms with Crippen LogP contribution in [0.3, 0.4) is 0 Å². The van der Waals surface area contributed by atoms with Crippen LogP contribution < -0.4 is 10.5 Å². The maximum Gasteiger partial charge on any atom is 0.119 e. The predicted octanol–water partition coefficient (Wildman–Crippen LogP) is 2.19. The molecule has 0 saturated carbocycles. The fraction of sp³-hybridized carbons (Fsp3) is 0.500. The van der Waals surface area contributed by atoms with Gasteiger partial charge in [-0.05, 0) is 49.4 Å². The second kappa shape index (κ2) is 4.77. The maximum absolute atomic E-state index is 8.79. The molecule has 0 aromatic heterocycles. The molecule has 3 nitrogen and oxygen atoms in total. The van der Waals surface area contributed by atoms with Gasteiger partial charge in [-0.2, -0.15) is 5.26 Å². The van der Waals surface area contributed by atoms with Crippen LogP contribution in [0.4, 0.5) is 0 Å². The lowest BCUT2D eigenvalue weighted by molar-refractivity contribution is 0.286. The van der Waals surface area contributed by atoms with Crippen LogP contribution in [0.1, 0.15) is 30.9 Å². The van der Waals surface area contributed by atoms with E-state index >= 15 is 0 Å². The molecule has 3 heteroatoms. The Labute approximate surface area is 102 Å². The number of nitrogens with two attached hydrogens (primary N) is 1. The minimum atomic E-state index is -0.795. The van der Waals surface area contributed by atoms with Gasteiger partial charge in [-0.25, -0.2) is 0 Å². The van der Waals surface area contributed by atoms with E-state index in [9.17, 15) is 0 Å². The summed E-state index contributed by atoms with van der Waals surface area (Å²) in [6.07, 6.45) is 4.12. The van der Waals surface area contributed by atoms with Gasteiger partial charge in [0.25, 0.3) is 0 Å². The quantitative estimate of drug-likeness (QED) is 0.862. The summed E-state index contributed by atoms with van der Waals surface area (Å²) >= 11 is 0. The molecule has 2 rings (SSSR count). The van der Waals surface area contributed by atoms with Gasteiger partial charge in [0, 0.05) is 6.42 Å². The third-order valence-electron chi connectivity index (χ3n) is 3.22. The van der Waals surface area contributed by atoms with Crippen molar-refractivity contribution < 1.29 is 4.74 Å². The van der Waals surface area contributed by atoms with Crippen LogP contribution in [0.15, 0.2) is 18.2 Å². The molecule has 0 radical (unpaired) electrons. The van der Waals surface area contributed by atoms with E-state index in [0.717, 1.165) is 12.2 Å². The Bertz CT molecular complexity index is 446. The van der Waals surface area contributed by atoms with Crippen molar-refractivity contribution >= 4 is 0 Å². The third kappa shape index (κ3) is 2.98. The van der Waals surface area contributed by atoms with E-state index in [2.05, 4.69) is 18.2 Å². The monoisotopic (exact) mass is 230 g/mol. The van der Waals surface area contributed by atoms with Crippen molar-refractivity contribution in [2.45, 2.75) is 38.1 Å². The first-order valence-corrected chi connectivity index (χ1v) is 6.05. The Morgan fingerprint density at radius 3 is 2.94 bits per heavy atom. The predicted molar refractivity (Wildman–Crippen MR) is 66.8 cm³/mol. The van der Waals surface area contributed by atoms with Crippen molar-refractivity contribution in [3.8, 4) is 11.8 Å². The number of aryl methyl sites for hydroxylation is 2. The highest BCUT2D eigenvalue weighted by molar-refractivity contribution is 5.38. The lowest BCUT2D eigenvalue weighted by Crippen LogP contribution is -2.35. The lowest BCUT2D eigenvalue weighted by Gasteiger charge is -2.15. The van der Waals surface area contributed by atoms with Crippen LogP contribution in [0, 0.1) is 11.3 Å². The molecule has 0 aliphatic heterocycles. The first-order chi connectivity index (χ1) is 8.11. The molecule has 0 heterocycles. The zero-order valence-corrected chi connectivity index (χ0v) is 10.2. The molecule has 17 heavy (non-hydrogen) atoms. The first-order valence-electron chi connectivity index (χ1n) is 6.05. The highest BCUT2D eigenvalue weighted by Crippen LogP contribution is 2.26. The summed E-state index contributed by atoms with van der Waals surface area (Å²) in [5, 5.41) is 8.79. The molecule has 0 spiro atoms. The van der Waals surface area contributed by atoms with Crippen molar-refractivity contribution in [2.24, 2.45) is 5.73 Å². The van der Waals surface area contributed by atoms with Gasteiger partial charge in [0.1, 0.15) is 11.3 Å². The largest absolute Gasteiger partial charge is 0.493 e. The number of nitrogens with zero attached hydrogens (tertiary/aromatic N) is 1. The number of hydrogen-bond donors (Lipinski definition) is 1. The van der Waals surface area contributed by atoms with Crippen molar-refractivity contribution in [3.63, 3.8) is 0 Å². The van der Waals surface area contributed by atoms with E-state index in [1.54, 1.807) is 6.92 Å². The molecule has 0 saturated heterocycles. The van der Waals surface area contributed by atoms with Gasteiger partial charge in [0.05, 0.1) is 12.7 Å². The van der Waals surface area contributed by atoms with Crippen molar-refractivity contribution in [1.29, 1.82) is 5.26 Å². The number of benzene rings is 1. The minimum absolute atomic E-state index is 0.485. The van der Waals surface area contributed by atoms with Gasteiger partial charge in [-0.15, -0.1) is 0 Å². The number of rotatable bonds is 4. The number of fused-ring (bicyclic) bond motifs is 1. The molecule has 0 fully saturated rings. The molecule has 1 atom stereocenters. The molecule has 2 N–H and O–H groups in total. The van der Waals surface area contributed by atoms with Gasteiger partial charge < -0.3 is 10.5 Å². The summed E-state index contributed by atoms with van der Waals surface area (Å²) in [5.41, 5.74) is 7.78. The van der Waals surface area contributed by atoms with Crippen LogP contribution >= 0.6 is 0 Å². The van der Waals surface area contributed by atoms with Crippen molar-refractivity contribution in [3.05, 3.63) is 29.3 Å². The molecule has 0 amide bonds. The smallest absolute Gasteiger partial charge is 0.119 e. The summed E-state index contributed by atoms with van der Waals surface area (Å²) < 4.78 is 5.64. The van der Waals surface area contributed by atoms with Crippen LogP contribution in [0.25, 0.3) is 0 Å². The fourth-order valence-electron chi connectivity index (χ4n) is 2.07. The van der Waals surface area contributed by atoms with E-state index in [4.69, 9.17) is 15.7 Å². The normalized spacial score (nSPS) is 17.0. The summed E-state index contributed by atoms with van der Waals surface area (Å²) in [5.74, 6) is 0.888. The van der Waals surface area contributed by atoms with E-state index < -0.39 is 5.54 Å². The van der Waals surface area contributed by atoms with Crippen molar-refractivity contribution in [1.82, 2.24) is 0 Å². The zero-order valence-electron chi connectivity index (χ0n) is 10.2. The topological polar surface area (TPSA) is 59.0 Å². The van der Waals surface area contributed by atoms with Gasteiger partial charge in [-0.1, -0.05) is 6.07 Å². The van der Waals surface area contributed by atoms with Crippen LogP contribution in [-0.2, 0) is 12.8 Å². The average molecular weight is 230 g/mol. The van der Waals surface area contributed by atoms with E-state index in [1.165, 1.54) is 24.0 Å². The fourth-order valence-corrected chi connectivity index (χ4v) is 2.07. The summed E-state index contributed by atoms with van der Waals surface area (Å²) in [7, 11) is 0. The zero-order chi connectivity index (χ0) is 12.3. The van der Waals surface area contributed by atoms with E-state index in [1.807, 2.05) is 6.07 Å². The standard InChI is InChI=1S/C14H18N2O/c1-14(16,10-15)7-8-17-13-6-5-11-3-2-4-12(11)9-13/h5-6,9H,2-4,7-8,16H2,1H3. The Morgan fingerprint density at radius 2 is 2.18 bits per heavy atom. The van der Waals surface area contributed by atoms with Crippen molar-refractivity contribution in [2.75, 3.05) is 6.61 Å². The molecule has 1 aliphatic carbocycles. The molecule has 1 aliphatic rings. The van der Waals surface area contributed by atoms with Crippen LogP contribution in [0.5, 0.6) is 5.75 Å². The molecule has 1 aromatic rings. The highest BCUT2D eigenvalue weighted by Gasteiger charge is 2.17. The Balaban J connectivity index is 1.90. The summed E-state index contributed by atoms with van der Waals surface area (Å²) in [6.45, 7) is 2.21. The second-order valence-corrected chi connectivity index (χ2v) is 4.91. The molecule has 1 aromatic carbocycles.